The van der Waals surface area contributed by atoms with E-state index in [0.717, 1.165) is 73.7 Å². The molecule has 1 N–H and O–H groups in total. The lowest BCUT2D eigenvalue weighted by atomic mass is 10.0. The van der Waals surface area contributed by atoms with E-state index >= 15 is 0 Å². The summed E-state index contributed by atoms with van der Waals surface area (Å²) in [5.41, 5.74) is 6.48. The third-order valence-corrected chi connectivity index (χ3v) is 7.85. The second kappa shape index (κ2) is 15.6. The number of anilines is 2. The van der Waals surface area contributed by atoms with Crippen molar-refractivity contribution in [2.45, 2.75) is 78.8 Å². The summed E-state index contributed by atoms with van der Waals surface area (Å²) < 4.78 is 0. The number of carbonyl (C=O) groups excluding carboxylic acids is 1. The smallest absolute Gasteiger partial charge is 0.204 e. The topological polar surface area (TPSA) is 51.2 Å². The van der Waals surface area contributed by atoms with Crippen molar-refractivity contribution < 1.29 is 4.79 Å². The Balaban J connectivity index is 1.96. The van der Waals surface area contributed by atoms with Crippen LogP contribution in [0.1, 0.15) is 78.3 Å². The van der Waals surface area contributed by atoms with Crippen LogP contribution in [0.3, 0.4) is 0 Å². The third-order valence-electron chi connectivity index (χ3n) is 7.85. The van der Waals surface area contributed by atoms with Gasteiger partial charge in [0.05, 0.1) is 22.8 Å². The van der Waals surface area contributed by atoms with E-state index in [-0.39, 0.29) is 5.78 Å². The zero-order valence-electron chi connectivity index (χ0n) is 26.6. The number of ketones is 1. The lowest BCUT2D eigenvalue weighted by molar-refractivity contribution is -0.111. The molecule has 1 atom stereocenters. The molecule has 6 nitrogen and oxygen atoms in total. The largest absolute Gasteiger partial charge is 0.372 e. The first kappa shape index (κ1) is 32.1. The zero-order chi connectivity index (χ0) is 29.9. The summed E-state index contributed by atoms with van der Waals surface area (Å²) in [7, 11) is 6.32. The second-order valence-corrected chi connectivity index (χ2v) is 11.5. The molecule has 1 unspecified atom stereocenters. The van der Waals surface area contributed by atoms with Crippen LogP contribution in [0.5, 0.6) is 0 Å². The van der Waals surface area contributed by atoms with E-state index in [1.165, 1.54) is 5.56 Å². The molecule has 2 aromatic carbocycles. The van der Waals surface area contributed by atoms with Crippen LogP contribution in [-0.2, 0) is 4.79 Å². The minimum absolute atomic E-state index is 0.0188. The molecule has 2 aromatic rings. The third kappa shape index (κ3) is 8.80. The van der Waals surface area contributed by atoms with Gasteiger partial charge in [-0.05, 0) is 95.2 Å². The first-order valence-electron chi connectivity index (χ1n) is 15.4. The monoisotopic (exact) mass is 557 g/mol. The van der Waals surface area contributed by atoms with Crippen LogP contribution < -0.4 is 10.2 Å². The molecule has 0 saturated heterocycles. The SMILES string of the molecule is CCCCN(CCCC)C1=CC(=O)C(Nc2ccc(C(CC)N(C)C)cc2)=C/C1=N\c1ccc(N(C)C(C)C)cc1. The van der Waals surface area contributed by atoms with Gasteiger partial charge in [0.15, 0.2) is 0 Å². The maximum atomic E-state index is 13.5. The molecule has 0 amide bonds. The van der Waals surface area contributed by atoms with Crippen LogP contribution in [-0.4, -0.2) is 61.6 Å². The number of rotatable bonds is 15. The molecule has 222 valence electrons. The first-order chi connectivity index (χ1) is 19.7. The average Bonchev–Trinajstić information content (AvgIpc) is 2.96. The maximum absolute atomic E-state index is 13.5. The molecule has 0 saturated carbocycles. The molecule has 0 bridgehead atoms. The van der Waals surface area contributed by atoms with Crippen molar-refractivity contribution in [3.63, 3.8) is 0 Å². The van der Waals surface area contributed by atoms with E-state index in [9.17, 15) is 4.79 Å². The molecule has 0 aromatic heterocycles. The highest BCUT2D eigenvalue weighted by Crippen LogP contribution is 2.27. The van der Waals surface area contributed by atoms with Crippen molar-refractivity contribution in [3.05, 3.63) is 77.6 Å². The van der Waals surface area contributed by atoms with Gasteiger partial charge in [-0.1, -0.05) is 45.7 Å². The summed E-state index contributed by atoms with van der Waals surface area (Å²) >= 11 is 0. The molecule has 41 heavy (non-hydrogen) atoms. The zero-order valence-corrected chi connectivity index (χ0v) is 26.6. The highest BCUT2D eigenvalue weighted by molar-refractivity contribution is 6.23. The number of hydrogen-bond donors (Lipinski definition) is 1. The fourth-order valence-electron chi connectivity index (χ4n) is 5.09. The minimum Gasteiger partial charge on any atom is -0.372 e. The number of nitrogens with zero attached hydrogens (tertiary/aromatic N) is 4. The fourth-order valence-corrected chi connectivity index (χ4v) is 5.09. The van der Waals surface area contributed by atoms with E-state index in [1.54, 1.807) is 6.08 Å². The Labute approximate surface area is 248 Å². The fraction of sp³-hybridized carbons (Fsp3) is 0.486. The van der Waals surface area contributed by atoms with Gasteiger partial charge < -0.3 is 20.0 Å². The Hall–Kier alpha value is -3.38. The first-order valence-corrected chi connectivity index (χ1v) is 15.4. The summed E-state index contributed by atoms with van der Waals surface area (Å²) in [5.74, 6) is -0.0188. The van der Waals surface area contributed by atoms with E-state index < -0.39 is 0 Å². The number of carbonyl (C=O) groups is 1. The second-order valence-electron chi connectivity index (χ2n) is 11.5. The standard InChI is InChI=1S/C35H51N5O/c1-9-12-22-40(23-13-10-2)34-25-35(41)32(37-28-16-14-27(15-17-28)33(11-3)38(6)7)24-31(34)36-29-18-20-30(21-19-29)39(8)26(4)5/h14-21,24-26,33,37H,9-13,22-23H2,1-8H3/b36-31+. The molecule has 3 rings (SSSR count). The van der Waals surface area contributed by atoms with Crippen molar-refractivity contribution in [2.75, 3.05) is 44.4 Å². The van der Waals surface area contributed by atoms with Crippen LogP contribution in [0, 0.1) is 0 Å². The normalized spacial score (nSPS) is 15.3. The van der Waals surface area contributed by atoms with Crippen LogP contribution >= 0.6 is 0 Å². The molecule has 0 radical (unpaired) electrons. The Bertz CT molecular complexity index is 1200. The number of hydrogen-bond acceptors (Lipinski definition) is 6. The number of aliphatic imine (C=N–C) groups is 1. The molecule has 0 aliphatic heterocycles. The van der Waals surface area contributed by atoms with E-state index in [2.05, 4.69) is 124 Å². The van der Waals surface area contributed by atoms with E-state index in [4.69, 9.17) is 4.99 Å². The van der Waals surface area contributed by atoms with Gasteiger partial charge in [-0.15, -0.1) is 0 Å². The quantitative estimate of drug-likeness (QED) is 0.225. The summed E-state index contributed by atoms with van der Waals surface area (Å²) in [5, 5.41) is 3.39. The van der Waals surface area contributed by atoms with Crippen molar-refractivity contribution in [1.29, 1.82) is 0 Å². The minimum atomic E-state index is -0.0188. The van der Waals surface area contributed by atoms with Crippen LogP contribution in [0.4, 0.5) is 17.1 Å². The molecule has 1 aliphatic rings. The number of unbranched alkanes of at least 4 members (excludes halogenated alkanes) is 2. The van der Waals surface area contributed by atoms with Gasteiger partial charge in [-0.25, -0.2) is 4.99 Å². The van der Waals surface area contributed by atoms with Gasteiger partial charge in [-0.2, -0.15) is 0 Å². The lowest BCUT2D eigenvalue weighted by Gasteiger charge is -2.30. The predicted molar refractivity (Wildman–Crippen MR) is 176 cm³/mol. The maximum Gasteiger partial charge on any atom is 0.204 e. The van der Waals surface area contributed by atoms with Gasteiger partial charge in [-0.3, -0.25) is 4.79 Å². The van der Waals surface area contributed by atoms with Gasteiger partial charge in [0.1, 0.15) is 0 Å². The highest BCUT2D eigenvalue weighted by atomic mass is 16.1. The van der Waals surface area contributed by atoms with Crippen LogP contribution in [0.15, 0.2) is 77.1 Å². The van der Waals surface area contributed by atoms with Gasteiger partial charge >= 0.3 is 0 Å². The summed E-state index contributed by atoms with van der Waals surface area (Å²) in [6, 6.07) is 17.6. The predicted octanol–water partition coefficient (Wildman–Crippen LogP) is 7.98. The van der Waals surface area contributed by atoms with E-state index in [0.29, 0.717) is 17.8 Å². The lowest BCUT2D eigenvalue weighted by Crippen LogP contribution is -2.32. The average molecular weight is 558 g/mol. The van der Waals surface area contributed by atoms with Crippen molar-refractivity contribution in [3.8, 4) is 0 Å². The summed E-state index contributed by atoms with van der Waals surface area (Å²) in [4.78, 5) is 25.4. The molecule has 0 spiro atoms. The molecule has 0 fully saturated rings. The molecule has 1 aliphatic carbocycles. The Morgan fingerprint density at radius 1 is 0.829 bits per heavy atom. The van der Waals surface area contributed by atoms with Crippen molar-refractivity contribution in [2.24, 2.45) is 4.99 Å². The van der Waals surface area contributed by atoms with Crippen molar-refractivity contribution >= 4 is 28.6 Å². The van der Waals surface area contributed by atoms with Gasteiger partial charge in [0, 0.05) is 49.7 Å². The van der Waals surface area contributed by atoms with E-state index in [1.807, 2.05) is 6.08 Å². The number of benzene rings is 2. The molecular weight excluding hydrogens is 506 g/mol. The van der Waals surface area contributed by atoms with Gasteiger partial charge in [0.25, 0.3) is 0 Å². The van der Waals surface area contributed by atoms with Crippen LogP contribution in [0.2, 0.25) is 0 Å². The van der Waals surface area contributed by atoms with Gasteiger partial charge in [0.2, 0.25) is 5.78 Å². The Kier molecular flexibility index (Phi) is 12.2. The number of allylic oxidation sites excluding steroid dienone is 2. The highest BCUT2D eigenvalue weighted by Gasteiger charge is 2.24. The van der Waals surface area contributed by atoms with Crippen LogP contribution in [0.25, 0.3) is 0 Å². The molecule has 0 heterocycles. The number of nitrogens with one attached hydrogen (secondary N) is 1. The Morgan fingerprint density at radius 3 is 1.95 bits per heavy atom. The molecular formula is C35H51N5O. The van der Waals surface area contributed by atoms with Crippen molar-refractivity contribution in [1.82, 2.24) is 9.80 Å². The Morgan fingerprint density at radius 2 is 1.44 bits per heavy atom. The summed E-state index contributed by atoms with van der Waals surface area (Å²) in [6.07, 6.45) is 9.11. The summed E-state index contributed by atoms with van der Waals surface area (Å²) in [6.45, 7) is 12.8. The molecule has 6 heteroatoms.